The molecule has 168 valence electrons. The van der Waals surface area contributed by atoms with Gasteiger partial charge in [0.15, 0.2) is 0 Å². The number of piperazine rings is 1. The lowest BCUT2D eigenvalue weighted by Crippen LogP contribution is -2.47. The summed E-state index contributed by atoms with van der Waals surface area (Å²) in [6, 6.07) is 7.71. The van der Waals surface area contributed by atoms with Gasteiger partial charge in [-0.25, -0.2) is 0 Å². The van der Waals surface area contributed by atoms with Crippen molar-refractivity contribution in [1.29, 1.82) is 0 Å². The molecule has 1 saturated carbocycles. The number of nitrogens with one attached hydrogen (secondary N) is 2. The van der Waals surface area contributed by atoms with E-state index in [9.17, 15) is 9.59 Å². The first kappa shape index (κ1) is 24.9. The normalized spacial score (nSPS) is 26.2. The Morgan fingerprint density at radius 3 is 2.50 bits per heavy atom. The van der Waals surface area contributed by atoms with Gasteiger partial charge in [0, 0.05) is 44.8 Å². The number of rotatable bonds is 4. The van der Waals surface area contributed by atoms with Gasteiger partial charge < -0.3 is 20.4 Å². The summed E-state index contributed by atoms with van der Waals surface area (Å²) in [5.74, 6) is 0.772. The lowest BCUT2D eigenvalue weighted by molar-refractivity contribution is -0.134. The van der Waals surface area contributed by atoms with Gasteiger partial charge in [0.25, 0.3) is 5.91 Å². The number of halogens is 2. The van der Waals surface area contributed by atoms with Crippen LogP contribution in [0.5, 0.6) is 0 Å². The standard InChI is InChI=1S/C22H32N4O2.2ClH/c1-25-10-12-26(13-11-25)20(27)18-7-5-17(6-8-18)14-24-21(28)22-9-3-2-4-19(22)15-23-16-22;;/h5-8,19,23H,2-4,9-16H2,1H3,(H,24,28);2*1H/t19-,22+;;/m0../s1. The van der Waals surface area contributed by atoms with Crippen LogP contribution in [0.3, 0.4) is 0 Å². The van der Waals surface area contributed by atoms with Crippen LogP contribution in [0.15, 0.2) is 24.3 Å². The van der Waals surface area contributed by atoms with Crippen LogP contribution in [0.1, 0.15) is 41.6 Å². The van der Waals surface area contributed by atoms with Crippen molar-refractivity contribution in [2.24, 2.45) is 11.3 Å². The van der Waals surface area contributed by atoms with E-state index in [-0.39, 0.29) is 42.0 Å². The molecule has 0 spiro atoms. The first-order valence-electron chi connectivity index (χ1n) is 10.6. The van der Waals surface area contributed by atoms with E-state index >= 15 is 0 Å². The molecule has 2 aliphatic heterocycles. The maximum Gasteiger partial charge on any atom is 0.253 e. The summed E-state index contributed by atoms with van der Waals surface area (Å²) in [4.78, 5) is 29.8. The van der Waals surface area contributed by atoms with Crippen LogP contribution in [0.25, 0.3) is 0 Å². The highest BCUT2D eigenvalue weighted by atomic mass is 35.5. The van der Waals surface area contributed by atoms with Gasteiger partial charge in [0.1, 0.15) is 0 Å². The quantitative estimate of drug-likeness (QED) is 0.729. The Bertz CT molecular complexity index is 722. The molecule has 3 aliphatic rings. The van der Waals surface area contributed by atoms with Crippen LogP contribution in [0, 0.1) is 11.3 Å². The van der Waals surface area contributed by atoms with Crippen molar-refractivity contribution >= 4 is 36.6 Å². The summed E-state index contributed by atoms with van der Waals surface area (Å²) in [5, 5.41) is 6.60. The number of nitrogens with zero attached hydrogens (tertiary/aromatic N) is 2. The van der Waals surface area contributed by atoms with Gasteiger partial charge in [-0.3, -0.25) is 9.59 Å². The lowest BCUT2D eigenvalue weighted by Gasteiger charge is -2.37. The summed E-state index contributed by atoms with van der Waals surface area (Å²) in [6.07, 6.45) is 4.54. The molecule has 1 aromatic carbocycles. The molecule has 0 bridgehead atoms. The van der Waals surface area contributed by atoms with Crippen molar-refractivity contribution in [1.82, 2.24) is 20.4 Å². The maximum absolute atomic E-state index is 13.0. The largest absolute Gasteiger partial charge is 0.351 e. The Hall–Kier alpha value is -1.34. The summed E-state index contributed by atoms with van der Waals surface area (Å²) in [7, 11) is 2.08. The first-order chi connectivity index (χ1) is 13.6. The highest BCUT2D eigenvalue weighted by Gasteiger charge is 2.49. The molecule has 6 nitrogen and oxygen atoms in total. The molecular weight excluding hydrogens is 423 g/mol. The second-order valence-corrected chi connectivity index (χ2v) is 8.70. The van der Waals surface area contributed by atoms with Crippen LogP contribution < -0.4 is 10.6 Å². The second-order valence-electron chi connectivity index (χ2n) is 8.70. The predicted octanol–water partition coefficient (Wildman–Crippen LogP) is 2.31. The average Bonchev–Trinajstić information content (AvgIpc) is 3.18. The highest BCUT2D eigenvalue weighted by Crippen LogP contribution is 2.43. The van der Waals surface area contributed by atoms with Crippen LogP contribution in [0.4, 0.5) is 0 Å². The monoisotopic (exact) mass is 456 g/mol. The molecule has 4 rings (SSSR count). The summed E-state index contributed by atoms with van der Waals surface area (Å²) in [5.41, 5.74) is 1.55. The van der Waals surface area contributed by atoms with Crippen molar-refractivity contribution in [2.75, 3.05) is 46.3 Å². The van der Waals surface area contributed by atoms with Crippen LogP contribution in [0.2, 0.25) is 0 Å². The van der Waals surface area contributed by atoms with E-state index in [2.05, 4.69) is 22.6 Å². The maximum atomic E-state index is 13.0. The van der Waals surface area contributed by atoms with Gasteiger partial charge in [-0.05, 0) is 50.0 Å². The van der Waals surface area contributed by atoms with Crippen LogP contribution in [-0.2, 0) is 11.3 Å². The minimum Gasteiger partial charge on any atom is -0.351 e. The van der Waals surface area contributed by atoms with Crippen molar-refractivity contribution in [3.05, 3.63) is 35.4 Å². The smallest absolute Gasteiger partial charge is 0.253 e. The number of benzene rings is 1. The van der Waals surface area contributed by atoms with Crippen molar-refractivity contribution in [2.45, 2.75) is 32.2 Å². The molecule has 30 heavy (non-hydrogen) atoms. The van der Waals surface area contributed by atoms with E-state index in [0.717, 1.165) is 69.7 Å². The first-order valence-corrected chi connectivity index (χ1v) is 10.6. The van der Waals surface area contributed by atoms with Gasteiger partial charge in [0.2, 0.25) is 5.91 Å². The Balaban J connectivity index is 0.00000160. The van der Waals surface area contributed by atoms with Gasteiger partial charge in [-0.1, -0.05) is 25.0 Å². The van der Waals surface area contributed by atoms with Crippen molar-refractivity contribution in [3.8, 4) is 0 Å². The Kier molecular flexibility index (Phi) is 8.98. The van der Waals surface area contributed by atoms with E-state index in [1.807, 2.05) is 29.2 Å². The molecular formula is C22H34Cl2N4O2. The van der Waals surface area contributed by atoms with E-state index < -0.39 is 0 Å². The van der Waals surface area contributed by atoms with Crippen LogP contribution in [-0.4, -0.2) is 67.9 Å². The van der Waals surface area contributed by atoms with Gasteiger partial charge in [-0.15, -0.1) is 24.8 Å². The fourth-order valence-corrected chi connectivity index (χ4v) is 5.01. The number of carbonyl (C=O) groups is 2. The molecule has 1 aliphatic carbocycles. The van der Waals surface area contributed by atoms with E-state index in [1.54, 1.807) is 0 Å². The molecule has 1 aromatic rings. The molecule has 2 heterocycles. The second kappa shape index (κ2) is 10.8. The Morgan fingerprint density at radius 2 is 1.80 bits per heavy atom. The molecule has 2 saturated heterocycles. The molecule has 2 atom stereocenters. The highest BCUT2D eigenvalue weighted by molar-refractivity contribution is 5.94. The van der Waals surface area contributed by atoms with Gasteiger partial charge >= 0.3 is 0 Å². The van der Waals surface area contributed by atoms with Crippen molar-refractivity contribution in [3.63, 3.8) is 0 Å². The minimum atomic E-state index is -0.213. The Labute approximate surface area is 192 Å². The fraction of sp³-hybridized carbons (Fsp3) is 0.636. The Morgan fingerprint density at radius 1 is 1.10 bits per heavy atom. The molecule has 0 unspecified atom stereocenters. The van der Waals surface area contributed by atoms with Gasteiger partial charge in [-0.2, -0.15) is 0 Å². The molecule has 8 heteroatoms. The number of fused-ring (bicyclic) bond motifs is 1. The summed E-state index contributed by atoms with van der Waals surface area (Å²) < 4.78 is 0. The third-order valence-corrected chi connectivity index (χ3v) is 6.93. The average molecular weight is 457 g/mol. The summed E-state index contributed by atoms with van der Waals surface area (Å²) >= 11 is 0. The van der Waals surface area contributed by atoms with Gasteiger partial charge in [0.05, 0.1) is 5.41 Å². The number of hydrogen-bond donors (Lipinski definition) is 2. The third kappa shape index (κ3) is 5.10. The number of carbonyl (C=O) groups excluding carboxylic acids is 2. The third-order valence-electron chi connectivity index (χ3n) is 6.93. The SMILES string of the molecule is CN1CCN(C(=O)c2ccc(CNC(=O)[C@@]34CCCC[C@H]3CNC4)cc2)CC1.Cl.Cl. The number of likely N-dealkylation sites (N-methyl/N-ethyl adjacent to an activating group) is 1. The minimum absolute atomic E-state index is 0. The molecule has 2 N–H and O–H groups in total. The van der Waals surface area contributed by atoms with Crippen LogP contribution >= 0.6 is 24.8 Å². The molecule has 2 amide bonds. The molecule has 3 fully saturated rings. The van der Waals surface area contributed by atoms with E-state index in [1.165, 1.54) is 6.42 Å². The van der Waals surface area contributed by atoms with E-state index in [4.69, 9.17) is 0 Å². The fourth-order valence-electron chi connectivity index (χ4n) is 5.01. The number of hydrogen-bond acceptors (Lipinski definition) is 4. The summed E-state index contributed by atoms with van der Waals surface area (Å²) in [6.45, 7) is 5.71. The van der Waals surface area contributed by atoms with E-state index in [0.29, 0.717) is 12.5 Å². The molecule has 0 aromatic heterocycles. The predicted molar refractivity (Wildman–Crippen MR) is 123 cm³/mol. The van der Waals surface area contributed by atoms with Crippen molar-refractivity contribution < 1.29 is 9.59 Å². The lowest BCUT2D eigenvalue weighted by atomic mass is 9.67. The zero-order valence-electron chi connectivity index (χ0n) is 17.7. The zero-order chi connectivity index (χ0) is 19.6. The zero-order valence-corrected chi connectivity index (χ0v) is 19.3. The molecule has 0 radical (unpaired) electrons. The topological polar surface area (TPSA) is 64.7 Å². The number of amides is 2.